The zero-order valence-electron chi connectivity index (χ0n) is 15.4. The van der Waals surface area contributed by atoms with Crippen molar-refractivity contribution in [2.45, 2.75) is 49.3 Å². The second kappa shape index (κ2) is 7.29. The van der Waals surface area contributed by atoms with Gasteiger partial charge in [-0.3, -0.25) is 0 Å². The SMILES string of the molecule is C=C1C[C@H](OC(=O)C(C)(O)CCl)[C@H]2C(=C)C(=O)O[C@@H]2C2C1C[C@H](O)[C@]2(O)CCl. The number of carbonyl (C=O) groups is 2. The molecule has 3 unspecified atom stereocenters. The number of hydrogen-bond acceptors (Lipinski definition) is 7. The van der Waals surface area contributed by atoms with Gasteiger partial charge in [0.2, 0.25) is 0 Å². The maximum absolute atomic E-state index is 12.4. The van der Waals surface area contributed by atoms with E-state index in [0.717, 1.165) is 0 Å². The normalized spacial score (nSPS) is 42.3. The summed E-state index contributed by atoms with van der Waals surface area (Å²) in [5, 5.41) is 31.6. The van der Waals surface area contributed by atoms with Gasteiger partial charge in [0.05, 0.1) is 23.8 Å². The van der Waals surface area contributed by atoms with Gasteiger partial charge in [-0.25, -0.2) is 9.59 Å². The van der Waals surface area contributed by atoms with Crippen molar-refractivity contribution in [3.05, 3.63) is 24.3 Å². The van der Waals surface area contributed by atoms with Crippen LogP contribution in [0.2, 0.25) is 0 Å². The molecule has 1 saturated heterocycles. The van der Waals surface area contributed by atoms with Gasteiger partial charge in [0.25, 0.3) is 0 Å². The Morgan fingerprint density at radius 2 is 2.07 bits per heavy atom. The Balaban J connectivity index is 2.01. The Bertz CT molecular complexity index is 721. The third-order valence-electron chi connectivity index (χ3n) is 6.24. The number of halogens is 2. The molecule has 1 aliphatic heterocycles. The first kappa shape index (κ1) is 21.6. The number of aliphatic hydroxyl groups excluding tert-OH is 1. The third-order valence-corrected chi connectivity index (χ3v) is 7.19. The summed E-state index contributed by atoms with van der Waals surface area (Å²) in [7, 11) is 0. The first-order valence-corrected chi connectivity index (χ1v) is 10.1. The van der Waals surface area contributed by atoms with Crippen LogP contribution in [0.25, 0.3) is 0 Å². The Morgan fingerprint density at radius 1 is 1.43 bits per heavy atom. The van der Waals surface area contributed by atoms with Crippen molar-refractivity contribution < 1.29 is 34.4 Å². The lowest BCUT2D eigenvalue weighted by Gasteiger charge is -2.37. The summed E-state index contributed by atoms with van der Waals surface area (Å²) in [5.41, 5.74) is -2.87. The number of hydrogen-bond donors (Lipinski definition) is 3. The maximum Gasteiger partial charge on any atom is 0.339 e. The molecule has 0 amide bonds. The van der Waals surface area contributed by atoms with Gasteiger partial charge < -0.3 is 24.8 Å². The molecule has 0 spiro atoms. The second-order valence-corrected chi connectivity index (χ2v) is 8.68. The molecule has 3 N–H and O–H groups in total. The van der Waals surface area contributed by atoms with Crippen LogP contribution >= 0.6 is 23.2 Å². The molecule has 3 fully saturated rings. The topological polar surface area (TPSA) is 113 Å². The Hall–Kier alpha value is -1.12. The van der Waals surface area contributed by atoms with Crippen LogP contribution in [0.3, 0.4) is 0 Å². The fraction of sp³-hybridized carbons (Fsp3) is 0.684. The van der Waals surface area contributed by atoms with E-state index in [0.29, 0.717) is 5.57 Å². The molecule has 2 saturated carbocycles. The Kier molecular flexibility index (Phi) is 5.62. The van der Waals surface area contributed by atoms with Crippen LogP contribution in [0.1, 0.15) is 19.8 Å². The number of fused-ring (bicyclic) bond motifs is 3. The lowest BCUT2D eigenvalue weighted by Crippen LogP contribution is -2.52. The zero-order chi connectivity index (χ0) is 21.0. The minimum Gasteiger partial charge on any atom is -0.459 e. The molecule has 0 radical (unpaired) electrons. The predicted molar refractivity (Wildman–Crippen MR) is 101 cm³/mol. The first-order valence-electron chi connectivity index (χ1n) is 9.01. The number of esters is 2. The van der Waals surface area contributed by atoms with Gasteiger partial charge >= 0.3 is 11.9 Å². The van der Waals surface area contributed by atoms with E-state index in [4.69, 9.17) is 32.7 Å². The molecule has 8 atom stereocenters. The van der Waals surface area contributed by atoms with Gasteiger partial charge in [-0.05, 0) is 19.3 Å². The number of rotatable bonds is 4. The van der Waals surface area contributed by atoms with Gasteiger partial charge in [-0.15, -0.1) is 23.2 Å². The second-order valence-electron chi connectivity index (χ2n) is 8.14. The van der Waals surface area contributed by atoms with E-state index in [1.807, 2.05) is 0 Å². The van der Waals surface area contributed by atoms with Crippen molar-refractivity contribution in [1.29, 1.82) is 0 Å². The van der Waals surface area contributed by atoms with Crippen LogP contribution in [-0.2, 0) is 19.1 Å². The van der Waals surface area contributed by atoms with Crippen molar-refractivity contribution in [3.63, 3.8) is 0 Å². The lowest BCUT2D eigenvalue weighted by molar-refractivity contribution is -0.172. The molecule has 0 aromatic carbocycles. The number of aliphatic hydroxyl groups is 3. The first-order chi connectivity index (χ1) is 13.0. The van der Waals surface area contributed by atoms with Gasteiger partial charge in [-0.1, -0.05) is 18.7 Å². The molecule has 156 valence electrons. The predicted octanol–water partition coefficient (Wildman–Crippen LogP) is 0.913. The molecular formula is C19H24Cl2O7. The molecule has 9 heteroatoms. The highest BCUT2D eigenvalue weighted by Gasteiger charge is 2.64. The van der Waals surface area contributed by atoms with Crippen molar-refractivity contribution in [3.8, 4) is 0 Å². The van der Waals surface area contributed by atoms with E-state index in [2.05, 4.69) is 13.2 Å². The van der Waals surface area contributed by atoms with Crippen molar-refractivity contribution in [2.24, 2.45) is 17.8 Å². The summed E-state index contributed by atoms with van der Waals surface area (Å²) in [6.07, 6.45) is -2.54. The molecule has 0 aromatic heterocycles. The average molecular weight is 435 g/mol. The van der Waals surface area contributed by atoms with Crippen LogP contribution in [0.5, 0.6) is 0 Å². The Morgan fingerprint density at radius 3 is 2.64 bits per heavy atom. The van der Waals surface area contributed by atoms with Crippen molar-refractivity contribution in [1.82, 2.24) is 0 Å². The van der Waals surface area contributed by atoms with Gasteiger partial charge in [-0.2, -0.15) is 0 Å². The smallest absolute Gasteiger partial charge is 0.339 e. The molecule has 3 rings (SSSR count). The minimum atomic E-state index is -1.90. The summed E-state index contributed by atoms with van der Waals surface area (Å²) < 4.78 is 11.0. The van der Waals surface area contributed by atoms with Crippen LogP contribution < -0.4 is 0 Å². The number of ether oxygens (including phenoxy) is 2. The molecule has 28 heavy (non-hydrogen) atoms. The van der Waals surface area contributed by atoms with Crippen LogP contribution in [0, 0.1) is 17.8 Å². The zero-order valence-corrected chi connectivity index (χ0v) is 16.9. The summed E-state index contributed by atoms with van der Waals surface area (Å²) in [4.78, 5) is 24.6. The van der Waals surface area contributed by atoms with E-state index in [1.54, 1.807) is 0 Å². The minimum absolute atomic E-state index is 0.0973. The standard InChI is InChI=1S/C19H24Cl2O7/c1-8-4-11(27-17(24)18(3,25)6-20)13-9(2)16(23)28-15(13)14-10(8)5-12(22)19(14,26)7-21/h10-15,22,25-26H,1-2,4-7H2,3H3/t10?,11-,12-,13+,14?,15-,18?,19+/m0/s1. The lowest BCUT2D eigenvalue weighted by atomic mass is 9.76. The van der Waals surface area contributed by atoms with E-state index >= 15 is 0 Å². The molecule has 0 bridgehead atoms. The fourth-order valence-corrected chi connectivity index (χ4v) is 5.05. The molecule has 1 heterocycles. The van der Waals surface area contributed by atoms with Crippen LogP contribution in [0.15, 0.2) is 24.3 Å². The summed E-state index contributed by atoms with van der Waals surface area (Å²) in [5.74, 6) is -4.11. The summed E-state index contributed by atoms with van der Waals surface area (Å²) >= 11 is 11.6. The van der Waals surface area contributed by atoms with Crippen LogP contribution in [-0.4, -0.2) is 68.5 Å². The number of alkyl halides is 2. The van der Waals surface area contributed by atoms with Crippen molar-refractivity contribution >= 4 is 35.1 Å². The highest BCUT2D eigenvalue weighted by atomic mass is 35.5. The summed E-state index contributed by atoms with van der Waals surface area (Å²) in [6.45, 7) is 9.05. The van der Waals surface area contributed by atoms with Gasteiger partial charge in [0.15, 0.2) is 5.60 Å². The van der Waals surface area contributed by atoms with E-state index in [9.17, 15) is 24.9 Å². The average Bonchev–Trinajstić information content (AvgIpc) is 3.04. The molecule has 7 nitrogen and oxygen atoms in total. The third kappa shape index (κ3) is 3.17. The molecule has 0 aromatic rings. The fourth-order valence-electron chi connectivity index (χ4n) is 4.58. The largest absolute Gasteiger partial charge is 0.459 e. The quantitative estimate of drug-likeness (QED) is 0.260. The Labute approximate surface area is 172 Å². The molecule has 2 aliphatic carbocycles. The van der Waals surface area contributed by atoms with E-state index in [-0.39, 0.29) is 36.1 Å². The molecule has 3 aliphatic rings. The monoisotopic (exact) mass is 434 g/mol. The van der Waals surface area contributed by atoms with E-state index < -0.39 is 53.3 Å². The summed E-state index contributed by atoms with van der Waals surface area (Å²) in [6, 6.07) is 0. The molecular weight excluding hydrogens is 411 g/mol. The highest BCUT2D eigenvalue weighted by Crippen LogP contribution is 2.55. The van der Waals surface area contributed by atoms with Crippen molar-refractivity contribution in [2.75, 3.05) is 11.8 Å². The highest BCUT2D eigenvalue weighted by molar-refractivity contribution is 6.20. The van der Waals surface area contributed by atoms with Crippen LogP contribution in [0.4, 0.5) is 0 Å². The van der Waals surface area contributed by atoms with Gasteiger partial charge in [0.1, 0.15) is 17.8 Å². The maximum atomic E-state index is 12.4. The number of carbonyl (C=O) groups excluding carboxylic acids is 2. The van der Waals surface area contributed by atoms with Gasteiger partial charge in [0, 0.05) is 17.9 Å². The van der Waals surface area contributed by atoms with E-state index in [1.165, 1.54) is 6.92 Å².